The maximum absolute atomic E-state index is 13.8. The SMILES string of the molecule is CC1CCCC(C)(C(=O)C2(C)CCCC(C)C2CBr)C1CBr. The second-order valence-corrected chi connectivity index (χ2v) is 9.72. The maximum atomic E-state index is 13.8. The standard InChI is InChI=1S/C19H32Br2O/c1-13-7-5-9-18(3,15(13)11-20)17(22)19(4)10-6-8-14(2)16(19)12-21/h13-16H,5-12H2,1-4H3. The lowest BCUT2D eigenvalue weighted by atomic mass is 9.52. The zero-order valence-electron chi connectivity index (χ0n) is 14.6. The first-order valence-corrected chi connectivity index (χ1v) is 11.2. The first-order valence-electron chi connectivity index (χ1n) is 8.98. The van der Waals surface area contributed by atoms with Gasteiger partial charge in [-0.15, -0.1) is 0 Å². The number of halogens is 2. The highest BCUT2D eigenvalue weighted by atomic mass is 79.9. The summed E-state index contributed by atoms with van der Waals surface area (Å²) < 4.78 is 0. The molecule has 3 heteroatoms. The molecule has 2 aliphatic carbocycles. The fraction of sp³-hybridized carbons (Fsp3) is 0.947. The van der Waals surface area contributed by atoms with Crippen LogP contribution in [0.15, 0.2) is 0 Å². The van der Waals surface area contributed by atoms with Gasteiger partial charge in [-0.3, -0.25) is 4.79 Å². The molecule has 0 radical (unpaired) electrons. The number of hydrogen-bond donors (Lipinski definition) is 0. The van der Waals surface area contributed by atoms with Crippen LogP contribution in [-0.4, -0.2) is 16.4 Å². The summed E-state index contributed by atoms with van der Waals surface area (Å²) in [5, 5.41) is 1.92. The lowest BCUT2D eigenvalue weighted by Gasteiger charge is -2.52. The van der Waals surface area contributed by atoms with Crippen LogP contribution >= 0.6 is 31.9 Å². The van der Waals surface area contributed by atoms with Crippen LogP contribution in [0.3, 0.4) is 0 Å². The van der Waals surface area contributed by atoms with E-state index in [0.717, 1.165) is 23.5 Å². The molecule has 0 aromatic rings. The van der Waals surface area contributed by atoms with E-state index in [4.69, 9.17) is 0 Å². The second kappa shape index (κ2) is 7.25. The van der Waals surface area contributed by atoms with Crippen molar-refractivity contribution in [3.63, 3.8) is 0 Å². The summed E-state index contributed by atoms with van der Waals surface area (Å²) >= 11 is 7.44. The van der Waals surface area contributed by atoms with Gasteiger partial charge in [0, 0.05) is 21.5 Å². The number of rotatable bonds is 4. The van der Waals surface area contributed by atoms with Gasteiger partial charge in [0.2, 0.25) is 0 Å². The van der Waals surface area contributed by atoms with Crippen LogP contribution in [-0.2, 0) is 4.79 Å². The highest BCUT2D eigenvalue weighted by Gasteiger charge is 2.54. The fourth-order valence-corrected chi connectivity index (χ4v) is 8.18. The van der Waals surface area contributed by atoms with E-state index in [0.29, 0.717) is 29.5 Å². The summed E-state index contributed by atoms with van der Waals surface area (Å²) in [7, 11) is 0. The zero-order chi connectivity index (χ0) is 16.5. The quantitative estimate of drug-likeness (QED) is 0.478. The Labute approximate surface area is 153 Å². The van der Waals surface area contributed by atoms with Crippen molar-refractivity contribution in [2.24, 2.45) is 34.5 Å². The predicted octanol–water partition coefficient (Wildman–Crippen LogP) is 6.23. The lowest BCUT2D eigenvalue weighted by molar-refractivity contribution is -0.150. The maximum Gasteiger partial charge on any atom is 0.145 e. The third kappa shape index (κ3) is 3.10. The molecule has 2 rings (SSSR count). The molecule has 0 bridgehead atoms. The minimum Gasteiger partial charge on any atom is -0.298 e. The number of alkyl halides is 2. The van der Waals surface area contributed by atoms with E-state index >= 15 is 0 Å². The number of ketones is 1. The lowest BCUT2D eigenvalue weighted by Crippen LogP contribution is -2.54. The minimum absolute atomic E-state index is 0.145. The van der Waals surface area contributed by atoms with Gasteiger partial charge in [0.1, 0.15) is 5.78 Å². The van der Waals surface area contributed by atoms with E-state index in [-0.39, 0.29) is 10.8 Å². The van der Waals surface area contributed by atoms with Crippen LogP contribution in [0.4, 0.5) is 0 Å². The van der Waals surface area contributed by atoms with E-state index in [9.17, 15) is 4.79 Å². The van der Waals surface area contributed by atoms with Crippen LogP contribution in [0.25, 0.3) is 0 Å². The summed E-state index contributed by atoms with van der Waals surface area (Å²) in [6, 6.07) is 0. The molecule has 0 spiro atoms. The van der Waals surface area contributed by atoms with Gasteiger partial charge < -0.3 is 0 Å². The van der Waals surface area contributed by atoms with Crippen LogP contribution < -0.4 is 0 Å². The van der Waals surface area contributed by atoms with Crippen molar-refractivity contribution in [3.05, 3.63) is 0 Å². The molecule has 2 fully saturated rings. The molecule has 2 saturated carbocycles. The first kappa shape index (κ1) is 19.0. The Morgan fingerprint density at radius 1 is 0.909 bits per heavy atom. The van der Waals surface area contributed by atoms with Crippen molar-refractivity contribution >= 4 is 37.6 Å². The Morgan fingerprint density at radius 2 is 1.27 bits per heavy atom. The molecule has 22 heavy (non-hydrogen) atoms. The summed E-state index contributed by atoms with van der Waals surface area (Å²) in [6.45, 7) is 9.22. The first-order chi connectivity index (χ1) is 10.3. The van der Waals surface area contributed by atoms with Gasteiger partial charge in [-0.2, -0.15) is 0 Å². The van der Waals surface area contributed by atoms with Crippen molar-refractivity contribution in [3.8, 4) is 0 Å². The molecule has 0 saturated heterocycles. The molecule has 0 aromatic heterocycles. The zero-order valence-corrected chi connectivity index (χ0v) is 17.8. The molecule has 0 aromatic carbocycles. The van der Waals surface area contributed by atoms with Crippen molar-refractivity contribution in [1.29, 1.82) is 0 Å². The molecule has 6 unspecified atom stereocenters. The third-order valence-electron chi connectivity index (χ3n) is 7.09. The summed E-state index contributed by atoms with van der Waals surface area (Å²) in [6.07, 6.45) is 7.11. The van der Waals surface area contributed by atoms with Gasteiger partial charge in [0.05, 0.1) is 0 Å². The predicted molar refractivity (Wildman–Crippen MR) is 102 cm³/mol. The van der Waals surface area contributed by atoms with E-state index in [2.05, 4.69) is 59.6 Å². The highest BCUT2D eigenvalue weighted by molar-refractivity contribution is 9.09. The number of carbonyl (C=O) groups excluding carboxylic acids is 1. The molecule has 2 aliphatic rings. The van der Waals surface area contributed by atoms with Crippen molar-refractivity contribution < 1.29 is 4.79 Å². The summed E-state index contributed by atoms with van der Waals surface area (Å²) in [5.41, 5.74) is -0.291. The molecule has 0 N–H and O–H groups in total. The Bertz CT molecular complexity index is 374. The number of carbonyl (C=O) groups is 1. The molecule has 0 amide bonds. The topological polar surface area (TPSA) is 17.1 Å². The smallest absolute Gasteiger partial charge is 0.145 e. The molecule has 1 nitrogen and oxygen atoms in total. The average Bonchev–Trinajstić information content (AvgIpc) is 2.47. The van der Waals surface area contributed by atoms with E-state index in [1.54, 1.807) is 0 Å². The average molecular weight is 436 g/mol. The molecule has 0 aliphatic heterocycles. The summed E-state index contributed by atoms with van der Waals surface area (Å²) in [5.74, 6) is 2.83. The second-order valence-electron chi connectivity index (χ2n) is 8.42. The Morgan fingerprint density at radius 3 is 1.59 bits per heavy atom. The minimum atomic E-state index is -0.145. The van der Waals surface area contributed by atoms with Crippen LogP contribution in [0.5, 0.6) is 0 Å². The fourth-order valence-electron chi connectivity index (χ4n) is 5.47. The molecule has 0 heterocycles. The Kier molecular flexibility index (Phi) is 6.25. The normalized spacial score (nSPS) is 46.5. The third-order valence-corrected chi connectivity index (χ3v) is 8.49. The van der Waals surface area contributed by atoms with E-state index < -0.39 is 0 Å². The molecule has 6 atom stereocenters. The molecular formula is C19H32Br2O. The van der Waals surface area contributed by atoms with Gasteiger partial charge >= 0.3 is 0 Å². The monoisotopic (exact) mass is 434 g/mol. The van der Waals surface area contributed by atoms with Gasteiger partial charge in [-0.05, 0) is 36.5 Å². The van der Waals surface area contributed by atoms with E-state index in [1.807, 2.05) is 0 Å². The van der Waals surface area contributed by atoms with Crippen molar-refractivity contribution in [2.45, 2.75) is 66.2 Å². The van der Waals surface area contributed by atoms with Crippen LogP contribution in [0.1, 0.15) is 66.2 Å². The van der Waals surface area contributed by atoms with Crippen LogP contribution in [0.2, 0.25) is 0 Å². The highest BCUT2D eigenvalue weighted by Crippen LogP contribution is 2.54. The van der Waals surface area contributed by atoms with Gasteiger partial charge in [0.15, 0.2) is 0 Å². The van der Waals surface area contributed by atoms with Crippen LogP contribution in [0, 0.1) is 34.5 Å². The number of hydrogen-bond acceptors (Lipinski definition) is 1. The van der Waals surface area contributed by atoms with Gasteiger partial charge in [0.25, 0.3) is 0 Å². The molecule has 128 valence electrons. The van der Waals surface area contributed by atoms with E-state index in [1.165, 1.54) is 25.7 Å². The number of Topliss-reactive ketones (excluding diaryl/α,β-unsaturated/α-hetero) is 1. The summed E-state index contributed by atoms with van der Waals surface area (Å²) in [4.78, 5) is 13.8. The van der Waals surface area contributed by atoms with Gasteiger partial charge in [-0.1, -0.05) is 85.2 Å². The van der Waals surface area contributed by atoms with Crippen molar-refractivity contribution in [1.82, 2.24) is 0 Å². The Balaban J connectivity index is 2.35. The Hall–Kier alpha value is 0.630. The van der Waals surface area contributed by atoms with Gasteiger partial charge in [-0.25, -0.2) is 0 Å². The largest absolute Gasteiger partial charge is 0.298 e. The molecular weight excluding hydrogens is 404 g/mol. The van der Waals surface area contributed by atoms with Crippen molar-refractivity contribution in [2.75, 3.05) is 10.7 Å².